The number of hydrogen-bond donors (Lipinski definition) is 2. The second-order valence-electron chi connectivity index (χ2n) is 3.81. The highest BCUT2D eigenvalue weighted by Crippen LogP contribution is 2.21. The van der Waals surface area contributed by atoms with Gasteiger partial charge in [-0.15, -0.1) is 11.8 Å². The van der Waals surface area contributed by atoms with Crippen LogP contribution in [0.4, 0.5) is 0 Å². The van der Waals surface area contributed by atoms with Gasteiger partial charge in [-0.25, -0.2) is 4.79 Å². The maximum atomic E-state index is 10.9. The zero-order chi connectivity index (χ0) is 12.7. The maximum Gasteiger partial charge on any atom is 0.377 e. The van der Waals surface area contributed by atoms with Gasteiger partial charge in [0.2, 0.25) is 5.76 Å². The lowest BCUT2D eigenvalue weighted by atomic mass is 10.2. The van der Waals surface area contributed by atoms with Crippen LogP contribution in [0.25, 0.3) is 0 Å². The fraction of sp³-hybridized carbons (Fsp3) is 0.583. The molecular weight excluding hydrogens is 240 g/mol. The van der Waals surface area contributed by atoms with Crippen LogP contribution in [0.3, 0.4) is 0 Å². The van der Waals surface area contributed by atoms with Crippen molar-refractivity contribution >= 4 is 17.7 Å². The Balaban J connectivity index is 2.19. The van der Waals surface area contributed by atoms with Gasteiger partial charge in [0.25, 0.3) is 0 Å². The van der Waals surface area contributed by atoms with E-state index >= 15 is 0 Å². The summed E-state index contributed by atoms with van der Waals surface area (Å²) in [4.78, 5) is 10.9. The molecule has 1 unspecified atom stereocenters. The molecular formula is C12H18O4S. The lowest BCUT2D eigenvalue weighted by Gasteiger charge is -2.05. The molecule has 0 aliphatic carbocycles. The molecule has 4 nitrogen and oxygen atoms in total. The van der Waals surface area contributed by atoms with Crippen LogP contribution in [0.5, 0.6) is 0 Å². The molecule has 0 saturated carbocycles. The Morgan fingerprint density at radius 1 is 1.41 bits per heavy atom. The molecule has 0 bridgehead atoms. The Kier molecular flexibility index (Phi) is 5.97. The van der Waals surface area contributed by atoms with E-state index in [1.54, 1.807) is 11.8 Å². The summed E-state index contributed by atoms with van der Waals surface area (Å²) >= 11 is 1.70. The van der Waals surface area contributed by atoms with E-state index in [-0.39, 0.29) is 5.76 Å². The first-order valence-electron chi connectivity index (χ1n) is 5.76. The number of unbranched alkanes of at least 4 members (excludes halogenated alkanes) is 2. The Hall–Kier alpha value is -1.10. The van der Waals surface area contributed by atoms with Gasteiger partial charge in [0, 0.05) is 6.42 Å². The minimum atomic E-state index is -0.850. The van der Waals surface area contributed by atoms with Crippen molar-refractivity contribution < 1.29 is 19.7 Å². The molecule has 1 heterocycles. The first-order chi connectivity index (χ1) is 8.16. The van der Waals surface area contributed by atoms with Gasteiger partial charge >= 0.3 is 5.97 Å². The fourth-order valence-electron chi connectivity index (χ4n) is 1.41. The van der Waals surface area contributed by atoms with Crippen molar-refractivity contribution in [2.75, 3.05) is 5.75 Å². The average Bonchev–Trinajstić information content (AvgIpc) is 2.56. The van der Waals surface area contributed by atoms with Gasteiger partial charge in [-0.2, -0.15) is 0 Å². The highest BCUT2D eigenvalue weighted by atomic mass is 32.2. The van der Waals surface area contributed by atoms with Crippen LogP contribution >= 0.6 is 11.8 Å². The van der Waals surface area contributed by atoms with E-state index < -0.39 is 17.8 Å². The summed E-state index contributed by atoms with van der Waals surface area (Å²) in [6.07, 6.45) is 5.13. The van der Waals surface area contributed by atoms with Crippen molar-refractivity contribution in [2.45, 2.75) is 38.7 Å². The van der Waals surface area contributed by atoms with Gasteiger partial charge in [0.05, 0.1) is 0 Å². The monoisotopic (exact) mass is 258 g/mol. The molecule has 2 N–H and O–H groups in total. The topological polar surface area (TPSA) is 66.8 Å². The molecule has 1 aliphatic heterocycles. The number of carbonyl (C=O) groups is 1. The quantitative estimate of drug-likeness (QED) is 0.542. The number of hydrogen-bond acceptors (Lipinski definition) is 5. The number of aliphatic hydroxyl groups excluding tert-OH is 2. The number of carbonyl (C=O) groups excluding carboxylic acids is 1. The zero-order valence-electron chi connectivity index (χ0n) is 9.89. The normalized spacial score (nSPS) is 20.3. The van der Waals surface area contributed by atoms with E-state index in [1.165, 1.54) is 19.3 Å². The lowest BCUT2D eigenvalue weighted by Crippen LogP contribution is -2.10. The number of ether oxygens (including phenoxy) is 1. The summed E-state index contributed by atoms with van der Waals surface area (Å²) in [5.41, 5.74) is 0. The van der Waals surface area contributed by atoms with Crippen LogP contribution in [-0.4, -0.2) is 28.0 Å². The minimum absolute atomic E-state index is 0.365. The first kappa shape index (κ1) is 14.0. The fourth-order valence-corrected chi connectivity index (χ4v) is 2.16. The Morgan fingerprint density at radius 3 is 2.76 bits per heavy atom. The molecule has 5 heteroatoms. The Bertz CT molecular complexity index is 322. The van der Waals surface area contributed by atoms with Crippen LogP contribution in [0, 0.1) is 0 Å². The Labute approximate surface area is 105 Å². The van der Waals surface area contributed by atoms with Gasteiger partial charge in [0.1, 0.15) is 0 Å². The van der Waals surface area contributed by atoms with E-state index in [9.17, 15) is 9.90 Å². The third-order valence-corrected chi connectivity index (χ3v) is 3.31. The molecule has 1 aliphatic rings. The Morgan fingerprint density at radius 2 is 2.18 bits per heavy atom. The predicted octanol–water partition coefficient (Wildman–Crippen LogP) is 3.07. The maximum absolute atomic E-state index is 10.9. The zero-order valence-corrected chi connectivity index (χ0v) is 10.7. The SMILES string of the molecule is CCCCCSC=CCC1OC(=O)C(O)=C1O. The van der Waals surface area contributed by atoms with Crippen LogP contribution in [0.1, 0.15) is 32.6 Å². The predicted molar refractivity (Wildman–Crippen MR) is 67.9 cm³/mol. The van der Waals surface area contributed by atoms with Gasteiger partial charge in [0.15, 0.2) is 11.9 Å². The van der Waals surface area contributed by atoms with Crippen molar-refractivity contribution in [2.24, 2.45) is 0 Å². The molecule has 17 heavy (non-hydrogen) atoms. The molecule has 0 saturated heterocycles. The molecule has 1 rings (SSSR count). The minimum Gasteiger partial charge on any atom is -0.505 e. The molecule has 0 spiro atoms. The van der Waals surface area contributed by atoms with E-state index in [0.717, 1.165) is 5.75 Å². The summed E-state index contributed by atoms with van der Waals surface area (Å²) in [5.74, 6) is -0.812. The standard InChI is InChI=1S/C12H18O4S/c1-2-3-4-7-17-8-5-6-9-10(13)11(14)12(15)16-9/h5,8-9,13-14H,2-4,6-7H2,1H3. The summed E-state index contributed by atoms with van der Waals surface area (Å²) in [7, 11) is 0. The summed E-state index contributed by atoms with van der Waals surface area (Å²) in [6, 6.07) is 0. The van der Waals surface area contributed by atoms with Gasteiger partial charge in [-0.1, -0.05) is 25.8 Å². The van der Waals surface area contributed by atoms with Crippen molar-refractivity contribution in [3.8, 4) is 0 Å². The van der Waals surface area contributed by atoms with Crippen LogP contribution in [-0.2, 0) is 9.53 Å². The summed E-state index contributed by atoms with van der Waals surface area (Å²) in [5, 5.41) is 20.3. The van der Waals surface area contributed by atoms with E-state index in [2.05, 4.69) is 6.92 Å². The second-order valence-corrected chi connectivity index (χ2v) is 4.83. The number of esters is 1. The van der Waals surface area contributed by atoms with Crippen LogP contribution in [0.15, 0.2) is 23.0 Å². The van der Waals surface area contributed by atoms with Crippen molar-refractivity contribution in [3.05, 3.63) is 23.0 Å². The van der Waals surface area contributed by atoms with Crippen LogP contribution in [0.2, 0.25) is 0 Å². The highest BCUT2D eigenvalue weighted by Gasteiger charge is 2.33. The highest BCUT2D eigenvalue weighted by molar-refractivity contribution is 8.02. The van der Waals surface area contributed by atoms with E-state index in [1.807, 2.05) is 11.5 Å². The summed E-state index contributed by atoms with van der Waals surface area (Å²) < 4.78 is 4.76. The van der Waals surface area contributed by atoms with Crippen molar-refractivity contribution in [1.29, 1.82) is 0 Å². The summed E-state index contributed by atoms with van der Waals surface area (Å²) in [6.45, 7) is 2.16. The largest absolute Gasteiger partial charge is 0.505 e. The second kappa shape index (κ2) is 7.27. The van der Waals surface area contributed by atoms with Crippen LogP contribution < -0.4 is 0 Å². The molecule has 96 valence electrons. The number of rotatable bonds is 7. The molecule has 0 aromatic rings. The van der Waals surface area contributed by atoms with Gasteiger partial charge in [-0.05, 0) is 17.6 Å². The van der Waals surface area contributed by atoms with E-state index in [0.29, 0.717) is 6.42 Å². The van der Waals surface area contributed by atoms with Gasteiger partial charge in [-0.3, -0.25) is 0 Å². The number of thioether (sulfide) groups is 1. The molecule has 0 amide bonds. The molecule has 0 fully saturated rings. The van der Waals surface area contributed by atoms with Crippen molar-refractivity contribution in [1.82, 2.24) is 0 Å². The number of cyclic esters (lactones) is 1. The first-order valence-corrected chi connectivity index (χ1v) is 6.81. The smallest absolute Gasteiger partial charge is 0.377 e. The van der Waals surface area contributed by atoms with Crippen molar-refractivity contribution in [3.63, 3.8) is 0 Å². The lowest BCUT2D eigenvalue weighted by molar-refractivity contribution is -0.142. The third kappa shape index (κ3) is 4.34. The molecule has 0 aromatic carbocycles. The average molecular weight is 258 g/mol. The van der Waals surface area contributed by atoms with E-state index in [4.69, 9.17) is 9.84 Å². The molecule has 1 atom stereocenters. The molecule has 0 radical (unpaired) electrons. The van der Waals surface area contributed by atoms with Gasteiger partial charge < -0.3 is 14.9 Å². The molecule has 0 aromatic heterocycles. The number of aliphatic hydroxyl groups is 2. The third-order valence-electron chi connectivity index (χ3n) is 2.40.